The number of benzene rings is 2. The van der Waals surface area contributed by atoms with Gasteiger partial charge in [-0.2, -0.15) is 5.10 Å². The SMILES string of the molecule is CCn1c2ccccc2c2cc(CNCCCn3cccn3)ccc21. The van der Waals surface area contributed by atoms with E-state index >= 15 is 0 Å². The number of rotatable bonds is 7. The summed E-state index contributed by atoms with van der Waals surface area (Å²) in [6, 6.07) is 17.5. The minimum Gasteiger partial charge on any atom is -0.341 e. The molecular formula is C21H24N4. The van der Waals surface area contributed by atoms with Crippen molar-refractivity contribution in [1.29, 1.82) is 0 Å². The number of aromatic nitrogens is 3. The first-order valence-electron chi connectivity index (χ1n) is 9.05. The van der Waals surface area contributed by atoms with Crippen LogP contribution in [0.4, 0.5) is 0 Å². The molecule has 0 aliphatic carbocycles. The number of aryl methyl sites for hydroxylation is 2. The normalized spacial score (nSPS) is 11.6. The van der Waals surface area contributed by atoms with Crippen molar-refractivity contribution in [1.82, 2.24) is 19.7 Å². The lowest BCUT2D eigenvalue weighted by Gasteiger charge is -2.07. The molecule has 0 saturated carbocycles. The Morgan fingerprint density at radius 3 is 2.72 bits per heavy atom. The van der Waals surface area contributed by atoms with Crippen LogP contribution >= 0.6 is 0 Å². The Bertz CT molecular complexity index is 966. The molecule has 0 aliphatic rings. The van der Waals surface area contributed by atoms with Gasteiger partial charge in [0.05, 0.1) is 0 Å². The van der Waals surface area contributed by atoms with Gasteiger partial charge in [-0.15, -0.1) is 0 Å². The third-order valence-electron chi connectivity index (χ3n) is 4.78. The quantitative estimate of drug-likeness (QED) is 0.515. The van der Waals surface area contributed by atoms with Gasteiger partial charge < -0.3 is 9.88 Å². The number of fused-ring (bicyclic) bond motifs is 3. The highest BCUT2D eigenvalue weighted by Gasteiger charge is 2.09. The summed E-state index contributed by atoms with van der Waals surface area (Å²) in [6.07, 6.45) is 4.92. The molecule has 0 radical (unpaired) electrons. The molecule has 0 bridgehead atoms. The minimum absolute atomic E-state index is 0.903. The lowest BCUT2D eigenvalue weighted by atomic mass is 10.1. The van der Waals surface area contributed by atoms with Crippen molar-refractivity contribution in [2.45, 2.75) is 33.0 Å². The summed E-state index contributed by atoms with van der Waals surface area (Å²) < 4.78 is 4.37. The fourth-order valence-electron chi connectivity index (χ4n) is 3.58. The molecule has 2 heterocycles. The Labute approximate surface area is 148 Å². The zero-order valence-corrected chi connectivity index (χ0v) is 14.7. The fraction of sp³-hybridized carbons (Fsp3) is 0.286. The summed E-state index contributed by atoms with van der Waals surface area (Å²) in [4.78, 5) is 0. The van der Waals surface area contributed by atoms with E-state index in [-0.39, 0.29) is 0 Å². The summed E-state index contributed by atoms with van der Waals surface area (Å²) >= 11 is 0. The molecule has 0 unspecified atom stereocenters. The Balaban J connectivity index is 1.46. The third-order valence-corrected chi connectivity index (χ3v) is 4.78. The van der Waals surface area contributed by atoms with Crippen LogP contribution in [-0.4, -0.2) is 20.9 Å². The molecule has 2 aromatic heterocycles. The average molecular weight is 332 g/mol. The molecule has 2 aromatic carbocycles. The second-order valence-corrected chi connectivity index (χ2v) is 6.41. The molecule has 4 nitrogen and oxygen atoms in total. The molecule has 0 amide bonds. The number of nitrogens with one attached hydrogen (secondary N) is 1. The zero-order chi connectivity index (χ0) is 17.1. The maximum atomic E-state index is 4.23. The van der Waals surface area contributed by atoms with Crippen molar-refractivity contribution in [3.05, 3.63) is 66.5 Å². The van der Waals surface area contributed by atoms with Crippen LogP contribution in [0.3, 0.4) is 0 Å². The monoisotopic (exact) mass is 332 g/mol. The van der Waals surface area contributed by atoms with E-state index in [1.54, 1.807) is 0 Å². The number of nitrogens with zero attached hydrogens (tertiary/aromatic N) is 3. The van der Waals surface area contributed by atoms with E-state index < -0.39 is 0 Å². The van der Waals surface area contributed by atoms with Gasteiger partial charge in [0, 0.05) is 53.8 Å². The van der Waals surface area contributed by atoms with Crippen LogP contribution in [0.5, 0.6) is 0 Å². The van der Waals surface area contributed by atoms with Gasteiger partial charge in [-0.05, 0) is 49.7 Å². The Morgan fingerprint density at radius 1 is 1.00 bits per heavy atom. The lowest BCUT2D eigenvalue weighted by molar-refractivity contribution is 0.543. The van der Waals surface area contributed by atoms with Crippen molar-refractivity contribution in [3.63, 3.8) is 0 Å². The van der Waals surface area contributed by atoms with E-state index in [0.29, 0.717) is 0 Å². The van der Waals surface area contributed by atoms with Crippen LogP contribution in [0.1, 0.15) is 18.9 Å². The molecule has 0 spiro atoms. The summed E-state index contributed by atoms with van der Waals surface area (Å²) in [7, 11) is 0. The molecule has 128 valence electrons. The van der Waals surface area contributed by atoms with Gasteiger partial charge in [0.25, 0.3) is 0 Å². The summed E-state index contributed by atoms with van der Waals surface area (Å²) in [5.74, 6) is 0. The van der Waals surface area contributed by atoms with Gasteiger partial charge in [0.1, 0.15) is 0 Å². The van der Waals surface area contributed by atoms with Crippen LogP contribution < -0.4 is 5.32 Å². The van der Waals surface area contributed by atoms with Crippen molar-refractivity contribution in [2.24, 2.45) is 0 Å². The molecule has 4 heteroatoms. The van der Waals surface area contributed by atoms with Gasteiger partial charge in [0.2, 0.25) is 0 Å². The van der Waals surface area contributed by atoms with Crippen LogP contribution in [0, 0.1) is 0 Å². The van der Waals surface area contributed by atoms with E-state index in [2.05, 4.69) is 64.4 Å². The zero-order valence-electron chi connectivity index (χ0n) is 14.7. The number of para-hydroxylation sites is 1. The standard InChI is InChI=1S/C21H24N4/c1-2-25-20-8-4-3-7-18(20)19-15-17(9-10-21(19)25)16-22-11-5-13-24-14-6-12-23-24/h3-4,6-10,12,14-15,22H,2,5,11,13,16H2,1H3. The van der Waals surface area contributed by atoms with Crippen molar-refractivity contribution >= 4 is 21.8 Å². The molecule has 4 aromatic rings. The molecule has 0 aliphatic heterocycles. The fourth-order valence-corrected chi connectivity index (χ4v) is 3.58. The van der Waals surface area contributed by atoms with Crippen LogP contribution in [-0.2, 0) is 19.6 Å². The van der Waals surface area contributed by atoms with Gasteiger partial charge in [-0.3, -0.25) is 4.68 Å². The average Bonchev–Trinajstić information content (AvgIpc) is 3.27. The summed E-state index contributed by atoms with van der Waals surface area (Å²) in [5.41, 5.74) is 3.99. The van der Waals surface area contributed by atoms with Crippen LogP contribution in [0.25, 0.3) is 21.8 Å². The first-order valence-corrected chi connectivity index (χ1v) is 9.05. The molecule has 4 rings (SSSR count). The van der Waals surface area contributed by atoms with E-state index in [1.165, 1.54) is 27.4 Å². The van der Waals surface area contributed by atoms with Crippen molar-refractivity contribution in [2.75, 3.05) is 6.54 Å². The number of hydrogen-bond donors (Lipinski definition) is 1. The highest BCUT2D eigenvalue weighted by atomic mass is 15.3. The lowest BCUT2D eigenvalue weighted by Crippen LogP contribution is -2.16. The van der Waals surface area contributed by atoms with Gasteiger partial charge in [-0.1, -0.05) is 24.3 Å². The predicted molar refractivity (Wildman–Crippen MR) is 104 cm³/mol. The van der Waals surface area contributed by atoms with Crippen molar-refractivity contribution < 1.29 is 0 Å². The number of hydrogen-bond acceptors (Lipinski definition) is 2. The molecule has 25 heavy (non-hydrogen) atoms. The minimum atomic E-state index is 0.903. The molecular weight excluding hydrogens is 308 g/mol. The largest absolute Gasteiger partial charge is 0.341 e. The van der Waals surface area contributed by atoms with Crippen LogP contribution in [0.15, 0.2) is 60.9 Å². The smallest absolute Gasteiger partial charge is 0.0491 e. The summed E-state index contributed by atoms with van der Waals surface area (Å²) in [5, 5.41) is 10.5. The highest BCUT2D eigenvalue weighted by molar-refractivity contribution is 6.08. The Morgan fingerprint density at radius 2 is 1.88 bits per heavy atom. The Hall–Kier alpha value is -2.59. The molecule has 0 saturated heterocycles. The maximum Gasteiger partial charge on any atom is 0.0491 e. The predicted octanol–water partition coefficient (Wildman–Crippen LogP) is 4.19. The second kappa shape index (κ2) is 7.11. The second-order valence-electron chi connectivity index (χ2n) is 6.41. The van der Waals surface area contributed by atoms with Crippen LogP contribution in [0.2, 0.25) is 0 Å². The van der Waals surface area contributed by atoms with E-state index in [9.17, 15) is 0 Å². The van der Waals surface area contributed by atoms with Crippen molar-refractivity contribution in [3.8, 4) is 0 Å². The van der Waals surface area contributed by atoms with E-state index in [1.807, 2.05) is 23.1 Å². The van der Waals surface area contributed by atoms with E-state index in [0.717, 1.165) is 32.6 Å². The van der Waals surface area contributed by atoms with Gasteiger partial charge in [-0.25, -0.2) is 0 Å². The Kier molecular flexibility index (Phi) is 4.53. The molecule has 0 fully saturated rings. The first kappa shape index (κ1) is 15.9. The molecule has 0 atom stereocenters. The third kappa shape index (κ3) is 3.17. The molecule has 1 N–H and O–H groups in total. The first-order chi connectivity index (χ1) is 12.4. The highest BCUT2D eigenvalue weighted by Crippen LogP contribution is 2.29. The topological polar surface area (TPSA) is 34.8 Å². The van der Waals surface area contributed by atoms with E-state index in [4.69, 9.17) is 0 Å². The van der Waals surface area contributed by atoms with Gasteiger partial charge in [0.15, 0.2) is 0 Å². The maximum absolute atomic E-state index is 4.23. The summed E-state index contributed by atoms with van der Waals surface area (Å²) in [6.45, 7) is 6.06. The van der Waals surface area contributed by atoms with Gasteiger partial charge >= 0.3 is 0 Å².